The molecule has 7 nitrogen and oxygen atoms in total. The first-order valence-electron chi connectivity index (χ1n) is 7.76. The van der Waals surface area contributed by atoms with Crippen LogP contribution >= 0.6 is 0 Å². The molecule has 1 atom stereocenters. The molecule has 0 bridgehead atoms. The maximum atomic E-state index is 11.8. The minimum absolute atomic E-state index is 0.110. The van der Waals surface area contributed by atoms with Crippen molar-refractivity contribution in [3.63, 3.8) is 0 Å². The summed E-state index contributed by atoms with van der Waals surface area (Å²) in [6.07, 6.45) is 0.821. The van der Waals surface area contributed by atoms with Gasteiger partial charge < -0.3 is 20.3 Å². The lowest BCUT2D eigenvalue weighted by Gasteiger charge is -2.23. The van der Waals surface area contributed by atoms with Gasteiger partial charge in [-0.15, -0.1) is 0 Å². The Kier molecular flexibility index (Phi) is 4.75. The number of methoxy groups -OCH3 is 1. The van der Waals surface area contributed by atoms with E-state index in [2.05, 4.69) is 5.32 Å². The van der Waals surface area contributed by atoms with E-state index in [1.54, 1.807) is 32.9 Å². The average Bonchev–Trinajstić information content (AvgIpc) is 3.27. The van der Waals surface area contributed by atoms with Gasteiger partial charge in [0.2, 0.25) is 0 Å². The van der Waals surface area contributed by atoms with Crippen LogP contribution in [0.25, 0.3) is 0 Å². The van der Waals surface area contributed by atoms with Crippen LogP contribution in [-0.4, -0.2) is 35.9 Å². The molecule has 1 fully saturated rings. The SMILES string of the molecule is COC(=O)C(N)C1(c2ccc(NC(=O)OC(C)(C)C)c(O)c2)CC1. The number of hydrogen-bond donors (Lipinski definition) is 3. The van der Waals surface area contributed by atoms with Crippen molar-refractivity contribution < 1.29 is 24.2 Å². The first kappa shape index (κ1) is 18.1. The van der Waals surface area contributed by atoms with Crippen molar-refractivity contribution in [2.24, 2.45) is 5.73 Å². The van der Waals surface area contributed by atoms with Gasteiger partial charge in [-0.25, -0.2) is 4.79 Å². The van der Waals surface area contributed by atoms with Crippen molar-refractivity contribution in [2.45, 2.75) is 50.7 Å². The zero-order valence-electron chi connectivity index (χ0n) is 14.4. The minimum atomic E-state index is -0.786. The number of benzene rings is 1. The Morgan fingerprint density at radius 1 is 1.33 bits per heavy atom. The summed E-state index contributed by atoms with van der Waals surface area (Å²) in [6, 6.07) is 4.04. The zero-order chi connectivity index (χ0) is 18.1. The summed E-state index contributed by atoms with van der Waals surface area (Å²) < 4.78 is 9.86. The predicted octanol–water partition coefficient (Wildman–Crippen LogP) is 2.27. The van der Waals surface area contributed by atoms with E-state index in [-0.39, 0.29) is 11.4 Å². The fourth-order valence-electron chi connectivity index (χ4n) is 2.63. The summed E-state index contributed by atoms with van der Waals surface area (Å²) in [4.78, 5) is 23.5. The maximum absolute atomic E-state index is 11.8. The average molecular weight is 336 g/mol. The number of anilines is 1. The highest BCUT2D eigenvalue weighted by Crippen LogP contribution is 2.51. The van der Waals surface area contributed by atoms with Crippen LogP contribution in [0, 0.1) is 0 Å². The van der Waals surface area contributed by atoms with Crippen molar-refractivity contribution in [1.29, 1.82) is 0 Å². The molecular formula is C17H24N2O5. The number of aromatic hydroxyl groups is 1. The van der Waals surface area contributed by atoms with E-state index in [0.717, 1.165) is 18.4 Å². The van der Waals surface area contributed by atoms with Crippen LogP contribution in [0.2, 0.25) is 0 Å². The van der Waals surface area contributed by atoms with Gasteiger partial charge in [0.05, 0.1) is 12.8 Å². The molecule has 0 aromatic heterocycles. The molecule has 0 heterocycles. The van der Waals surface area contributed by atoms with Gasteiger partial charge in [-0.05, 0) is 51.3 Å². The summed E-state index contributed by atoms with van der Waals surface area (Å²) in [5.74, 6) is -0.593. The fraction of sp³-hybridized carbons (Fsp3) is 0.529. The van der Waals surface area contributed by atoms with Gasteiger partial charge in [-0.2, -0.15) is 0 Å². The second-order valence-electron chi connectivity index (χ2n) is 7.02. The monoisotopic (exact) mass is 336 g/mol. The smallest absolute Gasteiger partial charge is 0.412 e. The molecule has 1 aromatic rings. The van der Waals surface area contributed by atoms with Crippen LogP contribution in [0.4, 0.5) is 10.5 Å². The standard InChI is InChI=1S/C17H24N2O5/c1-16(2,3)24-15(22)19-11-6-5-10(9-12(11)20)17(7-8-17)13(18)14(21)23-4/h5-6,9,13,20H,7-8,18H2,1-4H3,(H,19,22). The third-order valence-corrected chi connectivity index (χ3v) is 4.05. The molecule has 0 aliphatic heterocycles. The third kappa shape index (κ3) is 3.79. The van der Waals surface area contributed by atoms with Crippen molar-refractivity contribution in [2.75, 3.05) is 12.4 Å². The highest BCUT2D eigenvalue weighted by Gasteiger charge is 2.52. The summed E-state index contributed by atoms with van der Waals surface area (Å²) in [7, 11) is 1.30. The largest absolute Gasteiger partial charge is 0.506 e. The lowest BCUT2D eigenvalue weighted by molar-refractivity contribution is -0.143. The van der Waals surface area contributed by atoms with Gasteiger partial charge in [-0.3, -0.25) is 10.1 Å². The number of nitrogens with one attached hydrogen (secondary N) is 1. The molecule has 1 unspecified atom stereocenters. The van der Waals surface area contributed by atoms with Crippen LogP contribution in [0.5, 0.6) is 5.75 Å². The molecular weight excluding hydrogens is 312 g/mol. The van der Waals surface area contributed by atoms with Gasteiger partial charge in [0.15, 0.2) is 0 Å². The number of rotatable bonds is 4. The summed E-state index contributed by atoms with van der Waals surface area (Å²) in [5, 5.41) is 12.7. The molecule has 0 radical (unpaired) electrons. The van der Waals surface area contributed by atoms with Crippen LogP contribution in [0.15, 0.2) is 18.2 Å². The zero-order valence-corrected chi connectivity index (χ0v) is 14.4. The number of carbonyl (C=O) groups excluding carboxylic acids is 2. The number of amides is 1. The van der Waals surface area contributed by atoms with Crippen LogP contribution < -0.4 is 11.1 Å². The van der Waals surface area contributed by atoms with Gasteiger partial charge in [0, 0.05) is 5.41 Å². The highest BCUT2D eigenvalue weighted by atomic mass is 16.6. The van der Waals surface area contributed by atoms with Crippen molar-refractivity contribution in [3.8, 4) is 5.75 Å². The second kappa shape index (κ2) is 6.32. The van der Waals surface area contributed by atoms with E-state index in [0.29, 0.717) is 0 Å². The third-order valence-electron chi connectivity index (χ3n) is 4.05. The normalized spacial score (nSPS) is 16.9. The summed E-state index contributed by atoms with van der Waals surface area (Å²) in [6.45, 7) is 5.25. The van der Waals surface area contributed by atoms with Gasteiger partial charge >= 0.3 is 12.1 Å². The molecule has 7 heteroatoms. The number of esters is 1. The molecule has 1 aromatic carbocycles. The number of carbonyl (C=O) groups is 2. The molecule has 0 saturated heterocycles. The number of phenols is 1. The Bertz CT molecular complexity index is 647. The Morgan fingerprint density at radius 2 is 1.96 bits per heavy atom. The van der Waals surface area contributed by atoms with Gasteiger partial charge in [0.25, 0.3) is 0 Å². The first-order chi connectivity index (χ1) is 11.1. The van der Waals surface area contributed by atoms with Crippen LogP contribution in [-0.2, 0) is 19.7 Å². The molecule has 4 N–H and O–H groups in total. The van der Waals surface area contributed by atoms with Gasteiger partial charge in [-0.1, -0.05) is 6.07 Å². The predicted molar refractivity (Wildman–Crippen MR) is 88.9 cm³/mol. The summed E-state index contributed by atoms with van der Waals surface area (Å²) in [5.41, 5.74) is 5.81. The van der Waals surface area contributed by atoms with Crippen molar-refractivity contribution >= 4 is 17.7 Å². The first-order valence-corrected chi connectivity index (χ1v) is 7.76. The number of phenolic OH excluding ortho intramolecular Hbond substituents is 1. The molecule has 24 heavy (non-hydrogen) atoms. The lowest BCUT2D eigenvalue weighted by atomic mass is 9.88. The molecule has 1 aliphatic rings. The van der Waals surface area contributed by atoms with E-state index in [1.807, 2.05) is 0 Å². The Balaban J connectivity index is 2.16. The molecule has 1 aliphatic carbocycles. The molecule has 0 spiro atoms. The summed E-state index contributed by atoms with van der Waals surface area (Å²) >= 11 is 0. The van der Waals surface area contributed by atoms with E-state index in [4.69, 9.17) is 15.2 Å². The fourth-order valence-corrected chi connectivity index (χ4v) is 2.63. The van der Waals surface area contributed by atoms with E-state index in [1.165, 1.54) is 13.2 Å². The van der Waals surface area contributed by atoms with E-state index in [9.17, 15) is 14.7 Å². The number of nitrogens with two attached hydrogens (primary N) is 1. The lowest BCUT2D eigenvalue weighted by Crippen LogP contribution is -2.42. The number of hydrogen-bond acceptors (Lipinski definition) is 6. The number of ether oxygens (including phenoxy) is 2. The maximum Gasteiger partial charge on any atom is 0.412 e. The van der Waals surface area contributed by atoms with Gasteiger partial charge in [0.1, 0.15) is 17.4 Å². The van der Waals surface area contributed by atoms with E-state index < -0.39 is 29.1 Å². The Hall–Kier alpha value is -2.28. The van der Waals surface area contributed by atoms with Crippen molar-refractivity contribution in [1.82, 2.24) is 0 Å². The molecule has 1 saturated carbocycles. The van der Waals surface area contributed by atoms with Crippen LogP contribution in [0.3, 0.4) is 0 Å². The van der Waals surface area contributed by atoms with E-state index >= 15 is 0 Å². The Morgan fingerprint density at radius 3 is 2.42 bits per heavy atom. The highest BCUT2D eigenvalue weighted by molar-refractivity contribution is 5.87. The molecule has 1 amide bonds. The van der Waals surface area contributed by atoms with Crippen LogP contribution in [0.1, 0.15) is 39.2 Å². The topological polar surface area (TPSA) is 111 Å². The minimum Gasteiger partial charge on any atom is -0.506 e. The van der Waals surface area contributed by atoms with Crippen molar-refractivity contribution in [3.05, 3.63) is 23.8 Å². The quantitative estimate of drug-likeness (QED) is 0.574. The molecule has 2 rings (SSSR count). The molecule has 132 valence electrons. The second-order valence-corrected chi connectivity index (χ2v) is 7.02. The Labute approximate surface area is 141 Å².